The number of carbonyl (C=O) groups is 1. The number of benzene rings is 2. The Morgan fingerprint density at radius 2 is 1.69 bits per heavy atom. The minimum Gasteiger partial charge on any atom is -0.319 e. The zero-order valence-corrected chi connectivity index (χ0v) is 23.5. The van der Waals surface area contributed by atoms with Crippen molar-refractivity contribution in [1.82, 2.24) is 29.1 Å². The monoisotopic (exact) mass is 579 g/mol. The van der Waals surface area contributed by atoms with Crippen LogP contribution in [-0.4, -0.2) is 40.3 Å². The standard InChI is InChI=1S/C27H23Cl2N7O2S/c1-16-23(26(38)36(34(16)3)19-7-5-4-6-8-19)31-25(37)17(2)39-27-33-32-24(18-11-13-30-14-12-18)35(27)20-9-10-21(28)22(29)15-20/h4-15,17H,1-3H3,(H,31,37). The molecule has 1 unspecified atom stereocenters. The van der Waals surface area contributed by atoms with Gasteiger partial charge in [-0.15, -0.1) is 10.2 Å². The normalized spacial score (nSPS) is 11.9. The second kappa shape index (κ2) is 11.1. The van der Waals surface area contributed by atoms with Crippen molar-refractivity contribution in [2.24, 2.45) is 7.05 Å². The molecule has 39 heavy (non-hydrogen) atoms. The molecule has 198 valence electrons. The molecule has 0 saturated carbocycles. The summed E-state index contributed by atoms with van der Waals surface area (Å²) in [5.41, 5.74) is 2.71. The van der Waals surface area contributed by atoms with Crippen LogP contribution in [0.3, 0.4) is 0 Å². The van der Waals surface area contributed by atoms with Gasteiger partial charge >= 0.3 is 0 Å². The Morgan fingerprint density at radius 1 is 0.974 bits per heavy atom. The fourth-order valence-electron chi connectivity index (χ4n) is 4.04. The van der Waals surface area contributed by atoms with Gasteiger partial charge in [-0.05, 0) is 56.3 Å². The van der Waals surface area contributed by atoms with Crippen LogP contribution in [0, 0.1) is 6.92 Å². The van der Waals surface area contributed by atoms with Gasteiger partial charge in [-0.1, -0.05) is 53.2 Å². The molecule has 5 aromatic rings. The molecule has 1 N–H and O–H groups in total. The van der Waals surface area contributed by atoms with E-state index in [2.05, 4.69) is 20.5 Å². The van der Waals surface area contributed by atoms with Crippen LogP contribution in [-0.2, 0) is 11.8 Å². The molecule has 1 atom stereocenters. The molecule has 5 rings (SSSR count). The van der Waals surface area contributed by atoms with Crippen molar-refractivity contribution in [2.75, 3.05) is 5.32 Å². The highest BCUT2D eigenvalue weighted by molar-refractivity contribution is 8.00. The third-order valence-corrected chi connectivity index (χ3v) is 7.97. The molecule has 0 bridgehead atoms. The summed E-state index contributed by atoms with van der Waals surface area (Å²) in [6.45, 7) is 3.53. The van der Waals surface area contributed by atoms with Crippen LogP contribution in [0.1, 0.15) is 12.6 Å². The second-order valence-electron chi connectivity index (χ2n) is 8.66. The van der Waals surface area contributed by atoms with Crippen molar-refractivity contribution >= 4 is 46.6 Å². The summed E-state index contributed by atoms with van der Waals surface area (Å²) in [6.07, 6.45) is 3.33. The highest BCUT2D eigenvalue weighted by Crippen LogP contribution is 2.33. The Kier molecular flexibility index (Phi) is 7.60. The van der Waals surface area contributed by atoms with E-state index in [1.807, 2.05) is 47.0 Å². The fraction of sp³-hybridized carbons (Fsp3) is 0.148. The lowest BCUT2D eigenvalue weighted by Crippen LogP contribution is -2.27. The van der Waals surface area contributed by atoms with Gasteiger partial charge in [-0.3, -0.25) is 23.8 Å². The molecule has 9 nitrogen and oxygen atoms in total. The summed E-state index contributed by atoms with van der Waals surface area (Å²) in [6, 6.07) is 18.1. The van der Waals surface area contributed by atoms with E-state index in [4.69, 9.17) is 23.2 Å². The first kappa shape index (κ1) is 26.7. The lowest BCUT2D eigenvalue weighted by Gasteiger charge is -2.14. The van der Waals surface area contributed by atoms with E-state index >= 15 is 0 Å². The minimum absolute atomic E-state index is 0.224. The molecule has 0 aliphatic carbocycles. The van der Waals surface area contributed by atoms with Gasteiger partial charge in [-0.2, -0.15) is 0 Å². The maximum atomic E-state index is 13.3. The number of halogens is 2. The topological polar surface area (TPSA) is 99.6 Å². The van der Waals surface area contributed by atoms with E-state index in [1.54, 1.807) is 56.2 Å². The molecule has 0 spiro atoms. The highest BCUT2D eigenvalue weighted by Gasteiger charge is 2.25. The number of nitrogens with zero attached hydrogens (tertiary/aromatic N) is 6. The molecule has 0 saturated heterocycles. The molecule has 12 heteroatoms. The first-order chi connectivity index (χ1) is 18.8. The van der Waals surface area contributed by atoms with E-state index in [-0.39, 0.29) is 17.2 Å². The van der Waals surface area contributed by atoms with Crippen molar-refractivity contribution in [3.05, 3.63) is 99.2 Å². The molecular weight excluding hydrogens is 557 g/mol. The van der Waals surface area contributed by atoms with Gasteiger partial charge in [0.05, 0.1) is 32.4 Å². The molecule has 0 aliphatic rings. The van der Waals surface area contributed by atoms with Gasteiger partial charge in [0.1, 0.15) is 5.69 Å². The quantitative estimate of drug-likeness (QED) is 0.254. The number of thioether (sulfide) groups is 1. The van der Waals surface area contributed by atoms with Crippen molar-refractivity contribution in [3.8, 4) is 22.8 Å². The predicted molar refractivity (Wildman–Crippen MR) is 154 cm³/mol. The Morgan fingerprint density at radius 3 is 2.38 bits per heavy atom. The Bertz CT molecular complexity index is 1720. The largest absolute Gasteiger partial charge is 0.319 e. The lowest BCUT2D eigenvalue weighted by atomic mass is 10.2. The molecule has 0 fully saturated rings. The Labute approximate surface area is 238 Å². The van der Waals surface area contributed by atoms with Gasteiger partial charge in [0.25, 0.3) is 5.56 Å². The number of rotatable bonds is 7. The number of hydrogen-bond acceptors (Lipinski definition) is 6. The number of carbonyl (C=O) groups excluding carboxylic acids is 1. The average Bonchev–Trinajstić information content (AvgIpc) is 3.45. The minimum atomic E-state index is -0.620. The third-order valence-electron chi connectivity index (χ3n) is 6.19. The zero-order valence-electron chi connectivity index (χ0n) is 21.2. The summed E-state index contributed by atoms with van der Waals surface area (Å²) in [4.78, 5) is 30.6. The summed E-state index contributed by atoms with van der Waals surface area (Å²) < 4.78 is 5.04. The van der Waals surface area contributed by atoms with E-state index in [0.29, 0.717) is 38.1 Å². The predicted octanol–water partition coefficient (Wildman–Crippen LogP) is 5.55. The van der Waals surface area contributed by atoms with Crippen molar-refractivity contribution in [1.29, 1.82) is 0 Å². The van der Waals surface area contributed by atoms with Crippen LogP contribution in [0.25, 0.3) is 22.8 Å². The zero-order chi connectivity index (χ0) is 27.7. The van der Waals surface area contributed by atoms with Crippen LogP contribution in [0.2, 0.25) is 10.0 Å². The number of anilines is 1. The summed E-state index contributed by atoms with van der Waals surface area (Å²) in [7, 11) is 1.78. The number of pyridine rings is 1. The molecule has 0 radical (unpaired) electrons. The van der Waals surface area contributed by atoms with E-state index in [1.165, 1.54) is 16.4 Å². The average molecular weight is 581 g/mol. The van der Waals surface area contributed by atoms with Crippen molar-refractivity contribution < 1.29 is 4.79 Å². The van der Waals surface area contributed by atoms with E-state index in [0.717, 1.165) is 5.56 Å². The highest BCUT2D eigenvalue weighted by atomic mass is 35.5. The van der Waals surface area contributed by atoms with Gasteiger partial charge < -0.3 is 5.32 Å². The smallest absolute Gasteiger partial charge is 0.295 e. The third kappa shape index (κ3) is 5.23. The summed E-state index contributed by atoms with van der Waals surface area (Å²) in [5.74, 6) is 0.204. The van der Waals surface area contributed by atoms with E-state index < -0.39 is 5.25 Å². The van der Waals surface area contributed by atoms with Crippen LogP contribution in [0.4, 0.5) is 5.69 Å². The van der Waals surface area contributed by atoms with Crippen LogP contribution in [0.15, 0.2) is 83.0 Å². The first-order valence-electron chi connectivity index (χ1n) is 11.9. The Hall–Kier alpha value is -3.86. The van der Waals surface area contributed by atoms with Gasteiger partial charge in [-0.25, -0.2) is 4.68 Å². The van der Waals surface area contributed by atoms with Gasteiger partial charge in [0.15, 0.2) is 11.0 Å². The maximum absolute atomic E-state index is 13.3. The van der Waals surface area contributed by atoms with Crippen LogP contribution >= 0.6 is 35.0 Å². The molecule has 3 aromatic heterocycles. The molecule has 3 heterocycles. The SMILES string of the molecule is Cc1c(NC(=O)C(C)Sc2nnc(-c3ccncc3)n2-c2ccc(Cl)c(Cl)c2)c(=O)n(-c2ccccc2)n1C. The second-order valence-corrected chi connectivity index (χ2v) is 10.8. The first-order valence-corrected chi connectivity index (χ1v) is 13.5. The molecule has 2 aromatic carbocycles. The van der Waals surface area contributed by atoms with E-state index in [9.17, 15) is 9.59 Å². The van der Waals surface area contributed by atoms with Crippen LogP contribution < -0.4 is 10.9 Å². The number of para-hydroxylation sites is 1. The van der Waals surface area contributed by atoms with Crippen molar-refractivity contribution in [3.63, 3.8) is 0 Å². The number of aromatic nitrogens is 6. The lowest BCUT2D eigenvalue weighted by molar-refractivity contribution is -0.115. The fourth-order valence-corrected chi connectivity index (χ4v) is 5.20. The number of amides is 1. The van der Waals surface area contributed by atoms with Gasteiger partial charge in [0, 0.05) is 25.0 Å². The van der Waals surface area contributed by atoms with Crippen LogP contribution in [0.5, 0.6) is 0 Å². The van der Waals surface area contributed by atoms with Gasteiger partial charge in [0.2, 0.25) is 5.91 Å². The molecular formula is C27H23Cl2N7O2S. The molecule has 0 aliphatic heterocycles. The Balaban J connectivity index is 1.46. The summed E-state index contributed by atoms with van der Waals surface area (Å²) >= 11 is 13.7. The summed E-state index contributed by atoms with van der Waals surface area (Å²) in [5, 5.41) is 12.2. The number of hydrogen-bond donors (Lipinski definition) is 1. The van der Waals surface area contributed by atoms with Crippen molar-refractivity contribution in [2.45, 2.75) is 24.3 Å². The molecule has 1 amide bonds. The maximum Gasteiger partial charge on any atom is 0.295 e. The number of nitrogens with one attached hydrogen (secondary N) is 1.